The van der Waals surface area contributed by atoms with Gasteiger partial charge in [0.25, 0.3) is 0 Å². The van der Waals surface area contributed by atoms with Crippen molar-refractivity contribution >= 4 is 5.88 Å². The van der Waals surface area contributed by atoms with Crippen molar-refractivity contribution in [2.24, 2.45) is 0 Å². The van der Waals surface area contributed by atoms with Crippen molar-refractivity contribution in [3.05, 3.63) is 59.9 Å². The largest absolute Gasteiger partial charge is 0.367 e. The first kappa shape index (κ1) is 13.2. The highest BCUT2D eigenvalue weighted by atomic mass is 19.2. The Hall–Kier alpha value is -2.76. The van der Waals surface area contributed by atoms with Crippen molar-refractivity contribution in [2.75, 3.05) is 5.73 Å². The first-order valence-corrected chi connectivity index (χ1v) is 6.03. The lowest BCUT2D eigenvalue weighted by Crippen LogP contribution is -1.90. The van der Waals surface area contributed by atoms with Crippen molar-refractivity contribution in [2.45, 2.75) is 0 Å². The molecule has 3 aromatic rings. The van der Waals surface area contributed by atoms with Gasteiger partial charge >= 0.3 is 0 Å². The lowest BCUT2D eigenvalue weighted by atomic mass is 10.0. The van der Waals surface area contributed by atoms with Crippen LogP contribution in [0.1, 0.15) is 0 Å². The number of nitrogens with zero attached hydrogens (tertiary/aromatic N) is 1. The van der Waals surface area contributed by atoms with Gasteiger partial charge in [-0.05, 0) is 35.9 Å². The maximum Gasteiger partial charge on any atom is 0.230 e. The van der Waals surface area contributed by atoms with Gasteiger partial charge in [-0.3, -0.25) is 0 Å². The summed E-state index contributed by atoms with van der Waals surface area (Å²) in [5, 5.41) is 3.77. The molecule has 0 aliphatic carbocycles. The molecule has 1 aromatic heterocycles. The molecule has 3 nitrogen and oxygen atoms in total. The van der Waals surface area contributed by atoms with Crippen LogP contribution < -0.4 is 5.73 Å². The van der Waals surface area contributed by atoms with Gasteiger partial charge in [0.15, 0.2) is 11.6 Å². The summed E-state index contributed by atoms with van der Waals surface area (Å²) in [5.41, 5.74) is 7.27. The quantitative estimate of drug-likeness (QED) is 0.776. The Morgan fingerprint density at radius 3 is 2.19 bits per heavy atom. The van der Waals surface area contributed by atoms with E-state index in [1.165, 1.54) is 30.3 Å². The van der Waals surface area contributed by atoms with E-state index in [9.17, 15) is 13.2 Å². The molecule has 2 N–H and O–H groups in total. The molecule has 1 heterocycles. The highest BCUT2D eigenvalue weighted by Gasteiger charge is 2.18. The molecule has 0 aliphatic rings. The summed E-state index contributed by atoms with van der Waals surface area (Å²) in [6, 6.07) is 8.88. The number of hydrogen-bond acceptors (Lipinski definition) is 3. The predicted octanol–water partition coefficient (Wildman–Crippen LogP) is 4.01. The van der Waals surface area contributed by atoms with E-state index >= 15 is 0 Å². The fraction of sp³-hybridized carbons (Fsp3) is 0. The molecule has 3 rings (SSSR count). The molecule has 0 saturated carbocycles. The van der Waals surface area contributed by atoms with E-state index in [1.807, 2.05) is 0 Å². The highest BCUT2D eigenvalue weighted by molar-refractivity contribution is 5.86. The Morgan fingerprint density at radius 1 is 0.857 bits per heavy atom. The second-order valence-corrected chi connectivity index (χ2v) is 4.41. The monoisotopic (exact) mass is 290 g/mol. The number of rotatable bonds is 2. The Balaban J connectivity index is 2.16. The Kier molecular flexibility index (Phi) is 3.13. The second kappa shape index (κ2) is 4.97. The molecular formula is C15H9F3N2O. The van der Waals surface area contributed by atoms with Crippen molar-refractivity contribution in [3.63, 3.8) is 0 Å². The smallest absolute Gasteiger partial charge is 0.230 e. The maximum absolute atomic E-state index is 13.3. The average molecular weight is 290 g/mol. The van der Waals surface area contributed by atoms with Gasteiger partial charge < -0.3 is 10.3 Å². The van der Waals surface area contributed by atoms with Crippen molar-refractivity contribution in [3.8, 4) is 22.4 Å². The van der Waals surface area contributed by atoms with Crippen LogP contribution >= 0.6 is 0 Å². The molecule has 0 amide bonds. The third-order valence-corrected chi connectivity index (χ3v) is 3.04. The molecular weight excluding hydrogens is 281 g/mol. The maximum atomic E-state index is 13.3. The van der Waals surface area contributed by atoms with Gasteiger partial charge in [0.05, 0.1) is 5.56 Å². The minimum absolute atomic E-state index is 0.0151. The van der Waals surface area contributed by atoms with E-state index in [0.717, 1.165) is 12.1 Å². The van der Waals surface area contributed by atoms with Crippen LogP contribution in [0.15, 0.2) is 47.0 Å². The molecule has 0 atom stereocenters. The number of halogens is 3. The van der Waals surface area contributed by atoms with Gasteiger partial charge in [0, 0.05) is 5.56 Å². The fourth-order valence-electron chi connectivity index (χ4n) is 2.04. The van der Waals surface area contributed by atoms with E-state index < -0.39 is 17.5 Å². The van der Waals surface area contributed by atoms with Crippen LogP contribution in [0.2, 0.25) is 0 Å². The number of benzene rings is 2. The van der Waals surface area contributed by atoms with Crippen LogP contribution in [0.4, 0.5) is 19.1 Å². The molecule has 0 saturated heterocycles. The lowest BCUT2D eigenvalue weighted by molar-refractivity contribution is 0.439. The molecule has 0 spiro atoms. The summed E-state index contributed by atoms with van der Waals surface area (Å²) in [6.45, 7) is 0. The zero-order valence-electron chi connectivity index (χ0n) is 10.6. The van der Waals surface area contributed by atoms with Gasteiger partial charge in [-0.2, -0.15) is 0 Å². The van der Waals surface area contributed by atoms with Crippen molar-refractivity contribution in [1.82, 2.24) is 5.16 Å². The van der Waals surface area contributed by atoms with Crippen LogP contribution in [-0.2, 0) is 0 Å². The first-order chi connectivity index (χ1) is 10.1. The van der Waals surface area contributed by atoms with E-state index in [0.29, 0.717) is 16.7 Å². The summed E-state index contributed by atoms with van der Waals surface area (Å²) < 4.78 is 44.3. The Labute approximate surface area is 117 Å². The Bertz CT molecular complexity index is 797. The SMILES string of the molecule is Nc1onc(-c2ccc(F)c(F)c2)c1-c1ccc(F)cc1. The van der Waals surface area contributed by atoms with Gasteiger partial charge in [-0.25, -0.2) is 13.2 Å². The summed E-state index contributed by atoms with van der Waals surface area (Å²) in [5.74, 6) is -2.35. The zero-order chi connectivity index (χ0) is 15.0. The number of hydrogen-bond donors (Lipinski definition) is 1. The minimum Gasteiger partial charge on any atom is -0.367 e. The summed E-state index contributed by atoms with van der Waals surface area (Å²) in [6.07, 6.45) is 0. The Morgan fingerprint density at radius 2 is 1.52 bits per heavy atom. The summed E-state index contributed by atoms with van der Waals surface area (Å²) in [4.78, 5) is 0. The van der Waals surface area contributed by atoms with E-state index in [4.69, 9.17) is 10.3 Å². The standard InChI is InChI=1S/C15H9F3N2O/c16-10-4-1-8(2-5-10)13-14(20-21-15(13)19)9-3-6-11(17)12(18)7-9/h1-7H,19H2. The van der Waals surface area contributed by atoms with Crippen molar-refractivity contribution < 1.29 is 17.7 Å². The van der Waals surface area contributed by atoms with Gasteiger partial charge in [-0.15, -0.1) is 0 Å². The normalized spacial score (nSPS) is 10.8. The zero-order valence-corrected chi connectivity index (χ0v) is 10.6. The summed E-state index contributed by atoms with van der Waals surface area (Å²) >= 11 is 0. The van der Waals surface area contributed by atoms with Crippen LogP contribution in [0.5, 0.6) is 0 Å². The predicted molar refractivity (Wildman–Crippen MR) is 71.7 cm³/mol. The third-order valence-electron chi connectivity index (χ3n) is 3.04. The number of anilines is 1. The molecule has 6 heteroatoms. The first-order valence-electron chi connectivity index (χ1n) is 6.03. The molecule has 0 unspecified atom stereocenters. The second-order valence-electron chi connectivity index (χ2n) is 4.41. The van der Waals surface area contributed by atoms with Crippen LogP contribution in [0.25, 0.3) is 22.4 Å². The molecule has 2 aromatic carbocycles. The summed E-state index contributed by atoms with van der Waals surface area (Å²) in [7, 11) is 0. The number of aromatic nitrogens is 1. The molecule has 106 valence electrons. The van der Waals surface area contributed by atoms with Gasteiger partial charge in [0.2, 0.25) is 5.88 Å². The van der Waals surface area contributed by atoms with Crippen LogP contribution in [0.3, 0.4) is 0 Å². The molecule has 0 fully saturated rings. The lowest BCUT2D eigenvalue weighted by Gasteiger charge is -2.03. The van der Waals surface area contributed by atoms with Crippen LogP contribution in [0, 0.1) is 17.5 Å². The molecule has 0 bridgehead atoms. The van der Waals surface area contributed by atoms with Gasteiger partial charge in [0.1, 0.15) is 11.5 Å². The average Bonchev–Trinajstić information content (AvgIpc) is 2.85. The molecule has 21 heavy (non-hydrogen) atoms. The number of nitrogen functional groups attached to an aromatic ring is 1. The van der Waals surface area contributed by atoms with Crippen molar-refractivity contribution in [1.29, 1.82) is 0 Å². The molecule has 0 radical (unpaired) electrons. The third kappa shape index (κ3) is 2.35. The van der Waals surface area contributed by atoms with E-state index in [1.54, 1.807) is 0 Å². The van der Waals surface area contributed by atoms with Gasteiger partial charge in [-0.1, -0.05) is 17.3 Å². The van der Waals surface area contributed by atoms with E-state index in [2.05, 4.69) is 5.16 Å². The fourth-order valence-corrected chi connectivity index (χ4v) is 2.04. The highest BCUT2D eigenvalue weighted by Crippen LogP contribution is 2.36. The topological polar surface area (TPSA) is 52.0 Å². The molecule has 0 aliphatic heterocycles. The van der Waals surface area contributed by atoms with Crippen LogP contribution in [-0.4, -0.2) is 5.16 Å². The minimum atomic E-state index is -1.00. The van der Waals surface area contributed by atoms with E-state index in [-0.39, 0.29) is 11.6 Å². The number of nitrogens with two attached hydrogens (primary N) is 1.